The first kappa shape index (κ1) is 13.9. The van der Waals surface area contributed by atoms with E-state index in [0.29, 0.717) is 18.0 Å². The number of piperazine rings is 1. The fourth-order valence-corrected chi connectivity index (χ4v) is 3.06. The lowest BCUT2D eigenvalue weighted by atomic mass is 9.85. The van der Waals surface area contributed by atoms with Crippen molar-refractivity contribution in [2.75, 3.05) is 22.9 Å². The van der Waals surface area contributed by atoms with Gasteiger partial charge in [0, 0.05) is 31.2 Å². The molecule has 2 fully saturated rings. The minimum absolute atomic E-state index is 0.204. The molecule has 1 aromatic carbocycles. The molecule has 0 saturated carbocycles. The van der Waals surface area contributed by atoms with Gasteiger partial charge in [-0.3, -0.25) is 10.0 Å². The summed E-state index contributed by atoms with van der Waals surface area (Å²) in [6, 6.07) is 7.21. The highest BCUT2D eigenvalue weighted by Crippen LogP contribution is 2.38. The highest BCUT2D eigenvalue weighted by molar-refractivity contribution is 5.92. The molecule has 4 rings (SSSR count). The molecule has 0 aliphatic carbocycles. The predicted molar refractivity (Wildman–Crippen MR) is 80.0 cm³/mol. The molecule has 7 nitrogen and oxygen atoms in total. The Labute approximate surface area is 131 Å². The Balaban J connectivity index is 1.42. The van der Waals surface area contributed by atoms with Gasteiger partial charge < -0.3 is 9.80 Å². The number of rotatable bonds is 3. The number of anilines is 2. The van der Waals surface area contributed by atoms with E-state index >= 15 is 0 Å². The van der Waals surface area contributed by atoms with Crippen LogP contribution in [0.3, 0.4) is 0 Å². The molecule has 2 N–H and O–H groups in total. The van der Waals surface area contributed by atoms with Crippen molar-refractivity contribution in [1.29, 1.82) is 0 Å². The molecule has 8 heteroatoms. The van der Waals surface area contributed by atoms with Gasteiger partial charge in [0.05, 0.1) is 17.6 Å². The first-order valence-electron chi connectivity index (χ1n) is 7.22. The van der Waals surface area contributed by atoms with Crippen molar-refractivity contribution in [2.45, 2.75) is 12.1 Å². The number of hydroxylamine groups is 1. The number of nitrogens with zero attached hydrogens (tertiary/aromatic N) is 4. The molecule has 1 aromatic heterocycles. The van der Waals surface area contributed by atoms with Crippen LogP contribution in [0.25, 0.3) is 0 Å². The molecule has 0 radical (unpaired) electrons. The van der Waals surface area contributed by atoms with E-state index in [1.165, 1.54) is 24.5 Å². The molecule has 118 valence electrons. The van der Waals surface area contributed by atoms with Crippen LogP contribution in [0.1, 0.15) is 10.4 Å². The molecule has 0 spiro atoms. The molecule has 2 aliphatic heterocycles. The average molecular weight is 315 g/mol. The molecule has 2 saturated heterocycles. The second-order valence-electron chi connectivity index (χ2n) is 5.63. The number of hydrogen-bond donors (Lipinski definition) is 2. The van der Waals surface area contributed by atoms with Crippen LogP contribution in [0.2, 0.25) is 0 Å². The summed E-state index contributed by atoms with van der Waals surface area (Å²) in [6.07, 6.45) is 2.77. The van der Waals surface area contributed by atoms with Gasteiger partial charge >= 0.3 is 0 Å². The van der Waals surface area contributed by atoms with E-state index in [4.69, 9.17) is 5.21 Å². The van der Waals surface area contributed by atoms with E-state index in [0.717, 1.165) is 18.8 Å². The van der Waals surface area contributed by atoms with Crippen LogP contribution in [0.15, 0.2) is 36.7 Å². The van der Waals surface area contributed by atoms with Gasteiger partial charge in [-0.2, -0.15) is 0 Å². The van der Waals surface area contributed by atoms with E-state index < -0.39 is 5.91 Å². The number of benzene rings is 1. The van der Waals surface area contributed by atoms with E-state index in [9.17, 15) is 9.18 Å². The van der Waals surface area contributed by atoms with Gasteiger partial charge in [0.25, 0.3) is 5.91 Å². The van der Waals surface area contributed by atoms with Gasteiger partial charge in [-0.15, -0.1) is 0 Å². The van der Waals surface area contributed by atoms with Gasteiger partial charge in [-0.05, 0) is 24.3 Å². The predicted octanol–water partition coefficient (Wildman–Crippen LogP) is 0.812. The largest absolute Gasteiger partial charge is 0.362 e. The monoisotopic (exact) mass is 315 g/mol. The summed E-state index contributed by atoms with van der Waals surface area (Å²) in [7, 11) is 0. The molecule has 1 amide bonds. The minimum atomic E-state index is -0.635. The summed E-state index contributed by atoms with van der Waals surface area (Å²) in [5.74, 6) is -0.301. The van der Waals surface area contributed by atoms with Crippen LogP contribution in [-0.2, 0) is 0 Å². The van der Waals surface area contributed by atoms with Crippen molar-refractivity contribution in [2.24, 2.45) is 0 Å². The Morgan fingerprint density at radius 1 is 1.13 bits per heavy atom. The summed E-state index contributed by atoms with van der Waals surface area (Å²) >= 11 is 0. The van der Waals surface area contributed by atoms with E-state index in [1.54, 1.807) is 17.6 Å². The van der Waals surface area contributed by atoms with Crippen LogP contribution >= 0.6 is 0 Å². The summed E-state index contributed by atoms with van der Waals surface area (Å²) in [5.41, 5.74) is 2.77. The Morgan fingerprint density at radius 2 is 1.74 bits per heavy atom. The average Bonchev–Trinajstić information content (AvgIpc) is 2.57. The lowest BCUT2D eigenvalue weighted by molar-refractivity contribution is 0.0705. The van der Waals surface area contributed by atoms with Crippen molar-refractivity contribution < 1.29 is 14.4 Å². The van der Waals surface area contributed by atoms with Gasteiger partial charge in [-0.25, -0.2) is 19.8 Å². The summed E-state index contributed by atoms with van der Waals surface area (Å²) in [5, 5.41) is 8.57. The fraction of sp³-hybridized carbons (Fsp3) is 0.267. The summed E-state index contributed by atoms with van der Waals surface area (Å²) < 4.78 is 13.0. The lowest BCUT2D eigenvalue weighted by Gasteiger charge is -2.62. The molecule has 2 aliphatic rings. The summed E-state index contributed by atoms with van der Waals surface area (Å²) in [6.45, 7) is 1.62. The van der Waals surface area contributed by atoms with E-state index in [1.807, 2.05) is 0 Å². The molecular weight excluding hydrogens is 301 g/mol. The van der Waals surface area contributed by atoms with Crippen molar-refractivity contribution >= 4 is 17.5 Å². The van der Waals surface area contributed by atoms with Gasteiger partial charge in [0.15, 0.2) is 0 Å². The van der Waals surface area contributed by atoms with Crippen LogP contribution in [0.4, 0.5) is 16.0 Å². The topological polar surface area (TPSA) is 81.6 Å². The molecule has 2 atom stereocenters. The van der Waals surface area contributed by atoms with Crippen LogP contribution in [0, 0.1) is 5.82 Å². The maximum Gasteiger partial charge on any atom is 0.277 e. The zero-order valence-electron chi connectivity index (χ0n) is 12.1. The zero-order valence-corrected chi connectivity index (χ0v) is 12.1. The number of amides is 1. The van der Waals surface area contributed by atoms with Gasteiger partial charge in [0.1, 0.15) is 5.82 Å². The van der Waals surface area contributed by atoms with Crippen LogP contribution < -0.4 is 15.3 Å². The Hall–Kier alpha value is -2.74. The molecule has 23 heavy (non-hydrogen) atoms. The van der Waals surface area contributed by atoms with Gasteiger partial charge in [-0.1, -0.05) is 0 Å². The standard InChI is InChI=1S/C15H14FN5O2/c16-10-1-3-11(4-2-10)20-7-13-12(20)8-21(13)15-17-5-9(6-18-15)14(22)19-23/h1-6,12-13,23H,7-8H2,(H,19,22)/t12?,13-/m1/s1. The molecule has 0 bridgehead atoms. The number of fused-ring (bicyclic) bond motifs is 1. The Kier molecular flexibility index (Phi) is 3.12. The summed E-state index contributed by atoms with van der Waals surface area (Å²) in [4.78, 5) is 23.9. The normalized spacial score (nSPS) is 22.0. The second-order valence-corrected chi connectivity index (χ2v) is 5.63. The quantitative estimate of drug-likeness (QED) is 0.644. The smallest absolute Gasteiger partial charge is 0.277 e. The van der Waals surface area contributed by atoms with Crippen molar-refractivity contribution in [3.8, 4) is 0 Å². The van der Waals surface area contributed by atoms with Gasteiger partial charge in [0.2, 0.25) is 5.95 Å². The van der Waals surface area contributed by atoms with Crippen molar-refractivity contribution in [1.82, 2.24) is 15.4 Å². The SMILES string of the molecule is O=C(NO)c1cnc(N2CC3[C@H]2CN3c2ccc(F)cc2)nc1. The van der Waals surface area contributed by atoms with Crippen LogP contribution in [-0.4, -0.2) is 46.3 Å². The van der Waals surface area contributed by atoms with Crippen LogP contribution in [0.5, 0.6) is 0 Å². The third-order valence-corrected chi connectivity index (χ3v) is 4.43. The Morgan fingerprint density at radius 3 is 2.30 bits per heavy atom. The maximum absolute atomic E-state index is 13.0. The Bertz CT molecular complexity index is 737. The third kappa shape index (κ3) is 2.18. The minimum Gasteiger partial charge on any atom is -0.362 e. The fourth-order valence-electron chi connectivity index (χ4n) is 3.06. The highest BCUT2D eigenvalue weighted by atomic mass is 19.1. The van der Waals surface area contributed by atoms with E-state index in [2.05, 4.69) is 19.8 Å². The number of hydrogen-bond acceptors (Lipinski definition) is 6. The number of carbonyl (C=O) groups is 1. The first-order valence-corrected chi connectivity index (χ1v) is 7.22. The highest BCUT2D eigenvalue weighted by Gasteiger charge is 2.52. The molecule has 2 aromatic rings. The number of carbonyl (C=O) groups excluding carboxylic acids is 1. The first-order chi connectivity index (χ1) is 11.2. The second kappa shape index (κ2) is 5.17. The van der Waals surface area contributed by atoms with E-state index in [-0.39, 0.29) is 11.4 Å². The number of nitrogens with one attached hydrogen (secondary N) is 1. The molecular formula is C15H14FN5O2. The third-order valence-electron chi connectivity index (χ3n) is 4.43. The number of aromatic nitrogens is 2. The molecule has 3 heterocycles. The van der Waals surface area contributed by atoms with Crippen molar-refractivity contribution in [3.05, 3.63) is 48.0 Å². The number of halogens is 1. The lowest BCUT2D eigenvalue weighted by Crippen LogP contribution is -2.79. The maximum atomic E-state index is 13.0. The zero-order chi connectivity index (χ0) is 16.0. The molecule has 1 unspecified atom stereocenters. The van der Waals surface area contributed by atoms with Crippen molar-refractivity contribution in [3.63, 3.8) is 0 Å².